The summed E-state index contributed by atoms with van der Waals surface area (Å²) in [5.41, 5.74) is 2.15. The maximum absolute atomic E-state index is 13.3. The molecule has 3 heterocycles. The van der Waals surface area contributed by atoms with Crippen LogP contribution in [0.15, 0.2) is 42.5 Å². The number of alkyl halides is 3. The molecule has 5 rings (SSSR count). The zero-order valence-corrected chi connectivity index (χ0v) is 23.9. The van der Waals surface area contributed by atoms with Crippen LogP contribution < -0.4 is 14.4 Å². The molecule has 0 spiro atoms. The van der Waals surface area contributed by atoms with Crippen molar-refractivity contribution in [3.63, 3.8) is 0 Å². The van der Waals surface area contributed by atoms with Gasteiger partial charge in [0.1, 0.15) is 24.2 Å². The summed E-state index contributed by atoms with van der Waals surface area (Å²) in [4.78, 5) is 31.6. The van der Waals surface area contributed by atoms with Crippen molar-refractivity contribution in [2.75, 3.05) is 44.2 Å². The fourth-order valence-electron chi connectivity index (χ4n) is 5.98. The number of para-hydroxylation sites is 1. The van der Waals surface area contributed by atoms with Gasteiger partial charge in [0, 0.05) is 49.4 Å². The summed E-state index contributed by atoms with van der Waals surface area (Å²) in [6.07, 6.45) is -1.11. The summed E-state index contributed by atoms with van der Waals surface area (Å²) in [6.45, 7) is 4.66. The average molecular weight is 590 g/mol. The van der Waals surface area contributed by atoms with Crippen LogP contribution in [0.4, 0.5) is 23.7 Å². The standard InChI is InChI=1S/C31H38F3N3O5/c1-2-13-35-14-11-25(12-15-35)42-26-8-7-22(28(19-26)41-21-31(32,33)34)18-29(38)36-16-9-24(10-17-36)37-27-6-4-3-5-23(27)20-40-30(37)39/h3-8,19,24-25H,2,9-18,20-21H2,1H3. The van der Waals surface area contributed by atoms with Crippen LogP contribution >= 0.6 is 0 Å². The summed E-state index contributed by atoms with van der Waals surface area (Å²) in [7, 11) is 0. The third kappa shape index (κ3) is 7.48. The Morgan fingerprint density at radius 1 is 1.02 bits per heavy atom. The minimum Gasteiger partial charge on any atom is -0.490 e. The smallest absolute Gasteiger partial charge is 0.422 e. The molecule has 0 radical (unpaired) electrons. The van der Waals surface area contributed by atoms with Gasteiger partial charge in [-0.2, -0.15) is 13.2 Å². The predicted octanol–water partition coefficient (Wildman–Crippen LogP) is 5.57. The van der Waals surface area contributed by atoms with E-state index in [-0.39, 0.29) is 36.8 Å². The number of ether oxygens (including phenoxy) is 3. The Balaban J connectivity index is 1.21. The first-order chi connectivity index (χ1) is 20.2. The van der Waals surface area contributed by atoms with E-state index in [1.54, 1.807) is 21.9 Å². The van der Waals surface area contributed by atoms with Crippen molar-refractivity contribution in [3.8, 4) is 11.5 Å². The summed E-state index contributed by atoms with van der Waals surface area (Å²) in [5.74, 6) is 0.236. The number of likely N-dealkylation sites (tertiary alicyclic amines) is 2. The molecule has 0 unspecified atom stereocenters. The first-order valence-electron chi connectivity index (χ1n) is 14.7. The van der Waals surface area contributed by atoms with Crippen LogP contribution in [0.2, 0.25) is 0 Å². The van der Waals surface area contributed by atoms with Gasteiger partial charge >= 0.3 is 12.3 Å². The van der Waals surface area contributed by atoms with E-state index in [1.165, 1.54) is 6.07 Å². The van der Waals surface area contributed by atoms with Crippen molar-refractivity contribution in [1.82, 2.24) is 9.80 Å². The highest BCUT2D eigenvalue weighted by molar-refractivity contribution is 5.91. The Bertz CT molecular complexity index is 1240. The molecule has 0 aromatic heterocycles. The molecule has 2 aromatic rings. The molecular formula is C31H38F3N3O5. The van der Waals surface area contributed by atoms with Crippen LogP contribution in [0, 0.1) is 0 Å². The third-order valence-corrected chi connectivity index (χ3v) is 8.13. The molecule has 42 heavy (non-hydrogen) atoms. The molecule has 11 heteroatoms. The monoisotopic (exact) mass is 589 g/mol. The number of hydrogen-bond acceptors (Lipinski definition) is 6. The Kier molecular flexibility index (Phi) is 9.45. The van der Waals surface area contributed by atoms with Gasteiger partial charge in [0.05, 0.1) is 12.1 Å². The number of hydrogen-bond donors (Lipinski definition) is 0. The van der Waals surface area contributed by atoms with Crippen LogP contribution in [0.25, 0.3) is 0 Å². The molecule has 0 saturated carbocycles. The van der Waals surface area contributed by atoms with Gasteiger partial charge < -0.3 is 24.0 Å². The van der Waals surface area contributed by atoms with Gasteiger partial charge in [-0.05, 0) is 50.8 Å². The van der Waals surface area contributed by atoms with Crippen molar-refractivity contribution < 1.29 is 37.0 Å². The second-order valence-corrected chi connectivity index (χ2v) is 11.2. The van der Waals surface area contributed by atoms with E-state index in [4.69, 9.17) is 14.2 Å². The Morgan fingerprint density at radius 2 is 1.76 bits per heavy atom. The van der Waals surface area contributed by atoms with Crippen molar-refractivity contribution in [2.24, 2.45) is 0 Å². The van der Waals surface area contributed by atoms with Gasteiger partial charge in [-0.1, -0.05) is 31.2 Å². The van der Waals surface area contributed by atoms with E-state index in [0.717, 1.165) is 50.1 Å². The van der Waals surface area contributed by atoms with Gasteiger partial charge in [0.25, 0.3) is 0 Å². The maximum Gasteiger partial charge on any atom is 0.422 e. The van der Waals surface area contributed by atoms with Crippen molar-refractivity contribution >= 4 is 17.7 Å². The molecule has 228 valence electrons. The summed E-state index contributed by atoms with van der Waals surface area (Å²) >= 11 is 0. The number of anilines is 1. The van der Waals surface area contributed by atoms with E-state index in [9.17, 15) is 22.8 Å². The highest BCUT2D eigenvalue weighted by Crippen LogP contribution is 2.33. The zero-order valence-electron chi connectivity index (χ0n) is 23.9. The summed E-state index contributed by atoms with van der Waals surface area (Å²) in [5, 5.41) is 0. The Labute approximate surface area is 244 Å². The fourth-order valence-corrected chi connectivity index (χ4v) is 5.98. The molecule has 8 nitrogen and oxygen atoms in total. The normalized spacial score (nSPS) is 18.9. The van der Waals surface area contributed by atoms with Crippen LogP contribution in [0.3, 0.4) is 0 Å². The second kappa shape index (κ2) is 13.2. The molecule has 2 fully saturated rings. The van der Waals surface area contributed by atoms with Gasteiger partial charge in [0.15, 0.2) is 6.61 Å². The molecule has 2 saturated heterocycles. The number of nitrogens with zero attached hydrogens (tertiary/aromatic N) is 3. The molecule has 0 atom stereocenters. The number of fused-ring (bicyclic) bond motifs is 1. The van der Waals surface area contributed by atoms with E-state index < -0.39 is 18.9 Å². The van der Waals surface area contributed by atoms with E-state index in [2.05, 4.69) is 11.8 Å². The third-order valence-electron chi connectivity index (χ3n) is 8.13. The lowest BCUT2D eigenvalue weighted by Crippen LogP contribution is -2.50. The van der Waals surface area contributed by atoms with Crippen LogP contribution in [-0.4, -0.2) is 79.5 Å². The SMILES string of the molecule is CCCN1CCC(Oc2ccc(CC(=O)N3CCC(N4C(=O)OCc5ccccc54)CC3)c(OCC(F)(F)F)c2)CC1. The fraction of sp³-hybridized carbons (Fsp3) is 0.548. The number of carbonyl (C=O) groups is 2. The quantitative estimate of drug-likeness (QED) is 0.381. The molecule has 0 bridgehead atoms. The summed E-state index contributed by atoms with van der Waals surface area (Å²) in [6, 6.07) is 12.3. The topological polar surface area (TPSA) is 71.6 Å². The average Bonchev–Trinajstić information content (AvgIpc) is 2.98. The van der Waals surface area contributed by atoms with Gasteiger partial charge in [-0.15, -0.1) is 0 Å². The second-order valence-electron chi connectivity index (χ2n) is 11.2. The molecule has 0 aliphatic carbocycles. The number of carbonyl (C=O) groups excluding carboxylic acids is 2. The van der Waals surface area contributed by atoms with Crippen LogP contribution in [0.1, 0.15) is 50.2 Å². The maximum atomic E-state index is 13.3. The largest absolute Gasteiger partial charge is 0.490 e. The van der Waals surface area contributed by atoms with Crippen molar-refractivity contribution in [3.05, 3.63) is 53.6 Å². The molecule has 2 amide bonds. The first-order valence-corrected chi connectivity index (χ1v) is 14.7. The lowest BCUT2D eigenvalue weighted by Gasteiger charge is -2.40. The minimum atomic E-state index is -4.51. The van der Waals surface area contributed by atoms with E-state index in [0.29, 0.717) is 37.2 Å². The van der Waals surface area contributed by atoms with Gasteiger partial charge in [-0.25, -0.2) is 4.79 Å². The highest BCUT2D eigenvalue weighted by atomic mass is 19.4. The van der Waals surface area contributed by atoms with E-state index >= 15 is 0 Å². The summed E-state index contributed by atoms with van der Waals surface area (Å²) < 4.78 is 55.7. The van der Waals surface area contributed by atoms with E-state index in [1.807, 2.05) is 24.3 Å². The Morgan fingerprint density at radius 3 is 2.48 bits per heavy atom. The molecule has 0 N–H and O–H groups in total. The van der Waals surface area contributed by atoms with Gasteiger partial charge in [-0.3, -0.25) is 9.69 Å². The van der Waals surface area contributed by atoms with Crippen molar-refractivity contribution in [1.29, 1.82) is 0 Å². The minimum absolute atomic E-state index is 0.00384. The van der Waals surface area contributed by atoms with Gasteiger partial charge in [0.2, 0.25) is 5.91 Å². The number of rotatable bonds is 9. The molecular weight excluding hydrogens is 551 g/mol. The number of benzene rings is 2. The first kappa shape index (κ1) is 30.0. The van der Waals surface area contributed by atoms with Crippen LogP contribution in [-0.2, 0) is 22.6 Å². The zero-order chi connectivity index (χ0) is 29.7. The number of cyclic esters (lactones) is 1. The van der Waals surface area contributed by atoms with Crippen LogP contribution in [0.5, 0.6) is 11.5 Å². The Hall–Kier alpha value is -3.47. The molecule has 3 aliphatic rings. The number of piperidine rings is 2. The number of amides is 2. The lowest BCUT2D eigenvalue weighted by atomic mass is 10.00. The molecule has 2 aromatic carbocycles. The lowest BCUT2D eigenvalue weighted by molar-refractivity contribution is -0.153. The number of halogens is 3. The highest BCUT2D eigenvalue weighted by Gasteiger charge is 2.35. The molecule has 3 aliphatic heterocycles. The van der Waals surface area contributed by atoms with Crippen molar-refractivity contribution in [2.45, 2.75) is 70.4 Å². The predicted molar refractivity (Wildman–Crippen MR) is 151 cm³/mol.